The highest BCUT2D eigenvalue weighted by Gasteiger charge is 2.02. The number of anilines is 1. The van der Waals surface area contributed by atoms with Crippen LogP contribution in [0.5, 0.6) is 0 Å². The molecule has 0 radical (unpaired) electrons. The molecule has 0 aliphatic heterocycles. The van der Waals surface area contributed by atoms with Crippen molar-refractivity contribution in [3.05, 3.63) is 59.1 Å². The number of nitrogens with one attached hydrogen (secondary N) is 1. The quantitative estimate of drug-likeness (QED) is 0.424. The van der Waals surface area contributed by atoms with Crippen LogP contribution >= 0.6 is 23.4 Å². The van der Waals surface area contributed by atoms with Crippen molar-refractivity contribution < 1.29 is 4.79 Å². The van der Waals surface area contributed by atoms with Gasteiger partial charge >= 0.3 is 0 Å². The second-order valence-electron chi connectivity index (χ2n) is 5.46. The van der Waals surface area contributed by atoms with Crippen LogP contribution < -0.4 is 10.3 Å². The lowest BCUT2D eigenvalue weighted by molar-refractivity contribution is -0.118. The van der Waals surface area contributed by atoms with Crippen molar-refractivity contribution in [3.63, 3.8) is 0 Å². The van der Waals surface area contributed by atoms with E-state index in [0.717, 1.165) is 16.1 Å². The van der Waals surface area contributed by atoms with Crippen LogP contribution in [0.15, 0.2) is 58.5 Å². The first-order valence-electron chi connectivity index (χ1n) is 7.97. The fraction of sp³-hybridized carbons (Fsp3) is 0.211. The first kappa shape index (κ1) is 19.8. The molecule has 2 rings (SSSR count). The Kier molecular flexibility index (Phi) is 8.00. The number of thioether (sulfide) groups is 1. The van der Waals surface area contributed by atoms with E-state index in [1.54, 1.807) is 18.3 Å². The lowest BCUT2D eigenvalue weighted by Crippen LogP contribution is -2.19. The zero-order chi connectivity index (χ0) is 18.8. The molecule has 0 unspecified atom stereocenters. The molecule has 0 aromatic heterocycles. The molecular weight excluding hydrogens is 368 g/mol. The summed E-state index contributed by atoms with van der Waals surface area (Å²) < 4.78 is 0. The topological polar surface area (TPSA) is 68.5 Å². The van der Waals surface area contributed by atoms with Crippen LogP contribution in [-0.2, 0) is 4.79 Å². The van der Waals surface area contributed by atoms with Gasteiger partial charge in [-0.25, -0.2) is 5.43 Å². The van der Waals surface area contributed by atoms with Crippen LogP contribution in [0.4, 0.5) is 5.69 Å². The Bertz CT molecular complexity index is 785. The summed E-state index contributed by atoms with van der Waals surface area (Å²) in [5.74, 6) is 0.107. The Morgan fingerprint density at radius 2 is 1.96 bits per heavy atom. The van der Waals surface area contributed by atoms with E-state index in [4.69, 9.17) is 16.9 Å². The van der Waals surface area contributed by atoms with Gasteiger partial charge in [-0.3, -0.25) is 4.79 Å². The predicted octanol–water partition coefficient (Wildman–Crippen LogP) is 3.93. The number of rotatable bonds is 8. The van der Waals surface area contributed by atoms with E-state index in [9.17, 15) is 4.79 Å². The molecule has 26 heavy (non-hydrogen) atoms. The van der Waals surface area contributed by atoms with Crippen LogP contribution in [0.25, 0.3) is 0 Å². The maximum absolute atomic E-state index is 11.8. The molecular formula is C19H19ClN4OS. The van der Waals surface area contributed by atoms with Gasteiger partial charge in [0.1, 0.15) is 0 Å². The molecule has 0 spiro atoms. The third-order valence-electron chi connectivity index (χ3n) is 3.48. The van der Waals surface area contributed by atoms with Gasteiger partial charge in [-0.05, 0) is 42.0 Å². The van der Waals surface area contributed by atoms with Crippen molar-refractivity contribution in [1.82, 2.24) is 5.43 Å². The lowest BCUT2D eigenvalue weighted by atomic mass is 10.2. The maximum atomic E-state index is 11.8. The molecule has 2 aromatic rings. The van der Waals surface area contributed by atoms with Gasteiger partial charge in [-0.2, -0.15) is 10.4 Å². The van der Waals surface area contributed by atoms with E-state index >= 15 is 0 Å². The maximum Gasteiger partial charge on any atom is 0.250 e. The molecule has 134 valence electrons. The van der Waals surface area contributed by atoms with Gasteiger partial charge in [-0.1, -0.05) is 23.7 Å². The van der Waals surface area contributed by atoms with Gasteiger partial charge < -0.3 is 4.90 Å². The van der Waals surface area contributed by atoms with Crippen molar-refractivity contribution in [1.29, 1.82) is 5.26 Å². The van der Waals surface area contributed by atoms with Crippen molar-refractivity contribution in [2.45, 2.75) is 11.3 Å². The number of hydrogen-bond donors (Lipinski definition) is 1. The minimum absolute atomic E-state index is 0.172. The SMILES string of the molecule is CN(CCC#N)c1ccc(/C=N\NC(=O)CSc2ccc(Cl)cc2)cc1. The number of hydrazone groups is 1. The zero-order valence-electron chi connectivity index (χ0n) is 14.4. The molecule has 0 fully saturated rings. The van der Waals surface area contributed by atoms with Gasteiger partial charge in [0.25, 0.3) is 0 Å². The van der Waals surface area contributed by atoms with Crippen molar-refractivity contribution in [2.75, 3.05) is 24.2 Å². The second kappa shape index (κ2) is 10.5. The van der Waals surface area contributed by atoms with Gasteiger partial charge in [-0.15, -0.1) is 11.8 Å². The minimum atomic E-state index is -0.172. The molecule has 0 saturated carbocycles. The molecule has 0 heterocycles. The van der Waals surface area contributed by atoms with Gasteiger partial charge in [0.05, 0.1) is 24.5 Å². The van der Waals surface area contributed by atoms with E-state index in [1.165, 1.54) is 11.8 Å². The Morgan fingerprint density at radius 1 is 1.27 bits per heavy atom. The number of benzene rings is 2. The first-order chi connectivity index (χ1) is 12.6. The van der Waals surface area contributed by atoms with Crippen LogP contribution in [0.3, 0.4) is 0 Å². The average molecular weight is 387 g/mol. The van der Waals surface area contributed by atoms with E-state index in [-0.39, 0.29) is 11.7 Å². The first-order valence-corrected chi connectivity index (χ1v) is 9.33. The second-order valence-corrected chi connectivity index (χ2v) is 6.94. The summed E-state index contributed by atoms with van der Waals surface area (Å²) in [7, 11) is 1.94. The molecule has 7 heteroatoms. The summed E-state index contributed by atoms with van der Waals surface area (Å²) in [6, 6.07) is 17.2. The van der Waals surface area contributed by atoms with E-state index in [0.29, 0.717) is 18.0 Å². The van der Waals surface area contributed by atoms with Crippen molar-refractivity contribution in [3.8, 4) is 6.07 Å². The van der Waals surface area contributed by atoms with Crippen molar-refractivity contribution in [2.24, 2.45) is 5.10 Å². The van der Waals surface area contributed by atoms with Crippen molar-refractivity contribution >= 4 is 41.2 Å². The molecule has 0 aliphatic rings. The number of halogens is 1. The Balaban J connectivity index is 1.77. The summed E-state index contributed by atoms with van der Waals surface area (Å²) in [6.07, 6.45) is 2.09. The smallest absolute Gasteiger partial charge is 0.250 e. The Hall–Kier alpha value is -2.49. The minimum Gasteiger partial charge on any atom is -0.374 e. The molecule has 0 aliphatic carbocycles. The van der Waals surface area contributed by atoms with Crippen LogP contribution in [0.1, 0.15) is 12.0 Å². The summed E-state index contributed by atoms with van der Waals surface area (Å²) in [5, 5.41) is 13.3. The van der Waals surface area contributed by atoms with E-state index in [1.807, 2.05) is 48.3 Å². The molecule has 1 N–H and O–H groups in total. The number of carbonyl (C=O) groups is 1. The number of carbonyl (C=O) groups excluding carboxylic acids is 1. The number of nitriles is 1. The lowest BCUT2D eigenvalue weighted by Gasteiger charge is -2.17. The van der Waals surface area contributed by atoms with E-state index in [2.05, 4.69) is 16.6 Å². The fourth-order valence-corrected chi connectivity index (χ4v) is 2.87. The zero-order valence-corrected chi connectivity index (χ0v) is 15.9. The van der Waals surface area contributed by atoms with Gasteiger partial charge in [0.15, 0.2) is 0 Å². The average Bonchev–Trinajstić information content (AvgIpc) is 2.66. The number of amides is 1. The van der Waals surface area contributed by atoms with Gasteiger partial charge in [0.2, 0.25) is 5.91 Å². The summed E-state index contributed by atoms with van der Waals surface area (Å²) in [6.45, 7) is 0.686. The Morgan fingerprint density at radius 3 is 2.62 bits per heavy atom. The standard InChI is InChI=1S/C19H19ClN4OS/c1-24(12-2-11-21)17-7-3-15(4-8-17)13-22-23-19(25)14-26-18-9-5-16(20)6-10-18/h3-10,13H,2,12,14H2,1H3,(H,23,25)/b22-13-. The monoisotopic (exact) mass is 386 g/mol. The fourth-order valence-electron chi connectivity index (χ4n) is 2.05. The highest BCUT2D eigenvalue weighted by atomic mass is 35.5. The molecule has 0 saturated heterocycles. The molecule has 1 amide bonds. The summed E-state index contributed by atoms with van der Waals surface area (Å²) in [5.41, 5.74) is 4.43. The van der Waals surface area contributed by atoms with Crippen LogP contribution in [0.2, 0.25) is 5.02 Å². The van der Waals surface area contributed by atoms with Crippen LogP contribution in [0, 0.1) is 11.3 Å². The normalized spacial score (nSPS) is 10.5. The van der Waals surface area contributed by atoms with Crippen LogP contribution in [-0.4, -0.2) is 31.5 Å². The number of nitrogens with zero attached hydrogens (tertiary/aromatic N) is 3. The highest BCUT2D eigenvalue weighted by molar-refractivity contribution is 8.00. The summed E-state index contributed by atoms with van der Waals surface area (Å²) >= 11 is 7.25. The third-order valence-corrected chi connectivity index (χ3v) is 4.74. The molecule has 0 bridgehead atoms. The molecule has 2 aromatic carbocycles. The Labute approximate surface area is 162 Å². The number of hydrogen-bond acceptors (Lipinski definition) is 5. The molecule has 0 atom stereocenters. The summed E-state index contributed by atoms with van der Waals surface area (Å²) in [4.78, 5) is 14.8. The van der Waals surface area contributed by atoms with Gasteiger partial charge in [0, 0.05) is 29.2 Å². The largest absolute Gasteiger partial charge is 0.374 e. The highest BCUT2D eigenvalue weighted by Crippen LogP contribution is 2.19. The predicted molar refractivity (Wildman–Crippen MR) is 108 cm³/mol. The van der Waals surface area contributed by atoms with E-state index < -0.39 is 0 Å². The molecule has 5 nitrogen and oxygen atoms in total. The third kappa shape index (κ3) is 6.79.